The average molecular weight is 503 g/mol. The lowest BCUT2D eigenvalue weighted by Gasteiger charge is -2.24. The van der Waals surface area contributed by atoms with Gasteiger partial charge in [-0.15, -0.1) is 0 Å². The number of hydrogen-bond acceptors (Lipinski definition) is 8. The highest BCUT2D eigenvalue weighted by atomic mass is 19.3. The highest BCUT2D eigenvalue weighted by molar-refractivity contribution is 5.88. The molecule has 0 radical (unpaired) electrons. The number of anilines is 2. The monoisotopic (exact) mass is 502 g/mol. The first-order chi connectivity index (χ1) is 17.5. The second kappa shape index (κ2) is 12.5. The van der Waals surface area contributed by atoms with Crippen molar-refractivity contribution in [2.45, 2.75) is 57.4 Å². The van der Waals surface area contributed by atoms with Gasteiger partial charge in [0.2, 0.25) is 6.43 Å². The summed E-state index contributed by atoms with van der Waals surface area (Å²) >= 11 is 0. The molecule has 36 heavy (non-hydrogen) atoms. The summed E-state index contributed by atoms with van der Waals surface area (Å²) in [5.74, 6) is 0.305. The maximum absolute atomic E-state index is 12.9. The molecule has 0 fully saturated rings. The van der Waals surface area contributed by atoms with Crippen LogP contribution in [0.3, 0.4) is 0 Å². The fraction of sp³-hybridized carbons (Fsp3) is 0.542. The molecule has 0 aromatic carbocycles. The van der Waals surface area contributed by atoms with Gasteiger partial charge in [0.1, 0.15) is 24.0 Å². The van der Waals surface area contributed by atoms with Crippen LogP contribution < -0.4 is 10.6 Å². The van der Waals surface area contributed by atoms with E-state index in [2.05, 4.69) is 42.9 Å². The molecule has 1 atom stereocenters. The number of carbonyl (C=O) groups is 1. The zero-order valence-electron chi connectivity index (χ0n) is 20.1. The van der Waals surface area contributed by atoms with E-state index in [9.17, 15) is 18.7 Å². The lowest BCUT2D eigenvalue weighted by Crippen LogP contribution is -2.36. The van der Waals surface area contributed by atoms with Gasteiger partial charge in [-0.05, 0) is 56.7 Å². The number of aliphatic carboxylic acids is 1. The van der Waals surface area contributed by atoms with Crippen LogP contribution in [0.25, 0.3) is 11.0 Å². The van der Waals surface area contributed by atoms with Crippen molar-refractivity contribution in [1.82, 2.24) is 30.0 Å². The van der Waals surface area contributed by atoms with Crippen LogP contribution in [-0.2, 0) is 17.6 Å². The van der Waals surface area contributed by atoms with Gasteiger partial charge in [0.05, 0.1) is 11.6 Å². The van der Waals surface area contributed by atoms with Crippen molar-refractivity contribution in [3.05, 3.63) is 35.9 Å². The van der Waals surface area contributed by atoms with Crippen LogP contribution >= 0.6 is 0 Å². The molecule has 1 unspecified atom stereocenters. The molecule has 0 aliphatic carbocycles. The van der Waals surface area contributed by atoms with Crippen LogP contribution in [0, 0.1) is 0 Å². The molecule has 0 saturated heterocycles. The molecular formula is C24H32F2N8O2. The summed E-state index contributed by atoms with van der Waals surface area (Å²) in [6.07, 6.45) is 5.10. The van der Waals surface area contributed by atoms with Gasteiger partial charge in [0, 0.05) is 31.7 Å². The van der Waals surface area contributed by atoms with Gasteiger partial charge >= 0.3 is 5.97 Å². The third kappa shape index (κ3) is 7.06. The van der Waals surface area contributed by atoms with Crippen molar-refractivity contribution in [3.8, 4) is 0 Å². The van der Waals surface area contributed by atoms with Crippen molar-refractivity contribution >= 4 is 28.6 Å². The van der Waals surface area contributed by atoms with Crippen LogP contribution in [0.1, 0.15) is 43.4 Å². The fourth-order valence-corrected chi connectivity index (χ4v) is 4.38. The van der Waals surface area contributed by atoms with Crippen molar-refractivity contribution in [3.63, 3.8) is 0 Å². The number of aromatic amines is 1. The third-order valence-electron chi connectivity index (χ3n) is 6.36. The Morgan fingerprint density at radius 2 is 2.03 bits per heavy atom. The molecule has 0 spiro atoms. The first-order valence-corrected chi connectivity index (χ1v) is 12.4. The number of hydrogen-bond donors (Lipinski definition) is 4. The smallest absolute Gasteiger partial charge is 0.326 e. The van der Waals surface area contributed by atoms with Crippen LogP contribution in [-0.4, -0.2) is 79.8 Å². The maximum atomic E-state index is 12.9. The zero-order valence-corrected chi connectivity index (χ0v) is 20.1. The van der Waals surface area contributed by atoms with E-state index < -0.39 is 18.4 Å². The van der Waals surface area contributed by atoms with Crippen LogP contribution in [0.5, 0.6) is 0 Å². The number of pyridine rings is 1. The Balaban J connectivity index is 1.29. The summed E-state index contributed by atoms with van der Waals surface area (Å²) in [6.45, 7) is 2.14. The summed E-state index contributed by atoms with van der Waals surface area (Å²) in [6, 6.07) is 3.26. The SMILES string of the molecule is O=C(O)C(CCN(CCCCc1ccc2c(n1)NCCC2)CCC(F)F)Nc1ncnc2[nH]ncc12. The third-order valence-corrected chi connectivity index (χ3v) is 6.36. The zero-order chi connectivity index (χ0) is 25.3. The van der Waals surface area contributed by atoms with E-state index in [0.717, 1.165) is 50.2 Å². The molecule has 3 aromatic heterocycles. The topological polar surface area (TPSA) is 132 Å². The van der Waals surface area contributed by atoms with E-state index in [1.807, 2.05) is 4.90 Å². The number of nitrogens with zero attached hydrogens (tertiary/aromatic N) is 5. The van der Waals surface area contributed by atoms with E-state index >= 15 is 0 Å². The predicted octanol–water partition coefficient (Wildman–Crippen LogP) is 3.34. The summed E-state index contributed by atoms with van der Waals surface area (Å²) < 4.78 is 25.8. The molecule has 4 N–H and O–H groups in total. The maximum Gasteiger partial charge on any atom is 0.326 e. The first kappa shape index (κ1) is 25.7. The Bertz CT molecular complexity index is 1140. The van der Waals surface area contributed by atoms with E-state index in [0.29, 0.717) is 29.9 Å². The minimum Gasteiger partial charge on any atom is -0.480 e. The van der Waals surface area contributed by atoms with Gasteiger partial charge in [0.15, 0.2) is 5.65 Å². The Morgan fingerprint density at radius 1 is 1.17 bits per heavy atom. The van der Waals surface area contributed by atoms with Crippen molar-refractivity contribution in [2.75, 3.05) is 36.8 Å². The van der Waals surface area contributed by atoms with Crippen molar-refractivity contribution in [2.24, 2.45) is 0 Å². The molecule has 10 nitrogen and oxygen atoms in total. The van der Waals surface area contributed by atoms with Crippen LogP contribution in [0.2, 0.25) is 0 Å². The van der Waals surface area contributed by atoms with Crippen LogP contribution in [0.4, 0.5) is 20.4 Å². The lowest BCUT2D eigenvalue weighted by molar-refractivity contribution is -0.138. The van der Waals surface area contributed by atoms with Gasteiger partial charge < -0.3 is 20.6 Å². The van der Waals surface area contributed by atoms with Crippen molar-refractivity contribution in [1.29, 1.82) is 0 Å². The van der Waals surface area contributed by atoms with Gasteiger partial charge in [0.25, 0.3) is 0 Å². The van der Waals surface area contributed by atoms with Crippen LogP contribution in [0.15, 0.2) is 24.7 Å². The number of fused-ring (bicyclic) bond motifs is 2. The molecule has 0 bridgehead atoms. The molecule has 1 aliphatic rings. The molecule has 4 heterocycles. The number of rotatable bonds is 14. The summed E-state index contributed by atoms with van der Waals surface area (Å²) in [5, 5.41) is 23.2. The van der Waals surface area contributed by atoms with E-state index in [1.165, 1.54) is 18.1 Å². The van der Waals surface area contributed by atoms with Gasteiger partial charge in [-0.1, -0.05) is 6.07 Å². The minimum absolute atomic E-state index is 0.213. The Hall–Kier alpha value is -3.41. The molecule has 4 rings (SSSR count). The summed E-state index contributed by atoms with van der Waals surface area (Å²) in [7, 11) is 0. The predicted molar refractivity (Wildman–Crippen MR) is 132 cm³/mol. The highest BCUT2D eigenvalue weighted by Gasteiger charge is 2.21. The number of nitrogens with one attached hydrogen (secondary N) is 3. The van der Waals surface area contributed by atoms with Crippen molar-refractivity contribution < 1.29 is 18.7 Å². The van der Waals surface area contributed by atoms with E-state index in [-0.39, 0.29) is 19.4 Å². The number of aryl methyl sites for hydroxylation is 2. The molecule has 194 valence electrons. The fourth-order valence-electron chi connectivity index (χ4n) is 4.38. The number of aromatic nitrogens is 5. The van der Waals surface area contributed by atoms with E-state index in [4.69, 9.17) is 4.98 Å². The standard InChI is InChI=1S/C24H32F2N8O2/c25-20(26)9-13-34(11-2-1-5-17-7-6-16-4-3-10-27-21(16)31-17)12-8-19(24(35)36)32-22-18-14-30-33-23(18)29-15-28-22/h6-7,14-15,19-20H,1-5,8-13H2,(H,27,31)(H,35,36)(H2,28,29,30,32,33). The largest absolute Gasteiger partial charge is 0.480 e. The number of alkyl halides is 2. The number of unbranched alkanes of at least 4 members (excludes halogenated alkanes) is 1. The average Bonchev–Trinajstić information content (AvgIpc) is 3.36. The summed E-state index contributed by atoms with van der Waals surface area (Å²) in [5.41, 5.74) is 2.77. The molecule has 0 saturated carbocycles. The molecule has 12 heteroatoms. The quantitative estimate of drug-likeness (QED) is 0.245. The van der Waals surface area contributed by atoms with E-state index in [1.54, 1.807) is 0 Å². The Morgan fingerprint density at radius 3 is 2.86 bits per heavy atom. The van der Waals surface area contributed by atoms with Gasteiger partial charge in [-0.25, -0.2) is 28.5 Å². The summed E-state index contributed by atoms with van der Waals surface area (Å²) in [4.78, 5) is 26.7. The Labute approximate surface area is 207 Å². The molecule has 1 aliphatic heterocycles. The number of halogens is 2. The van der Waals surface area contributed by atoms with Gasteiger partial charge in [-0.2, -0.15) is 5.10 Å². The van der Waals surface area contributed by atoms with Gasteiger partial charge in [-0.3, -0.25) is 5.10 Å². The molecule has 0 amide bonds. The minimum atomic E-state index is -2.40. The number of H-pyrrole nitrogens is 1. The second-order valence-corrected chi connectivity index (χ2v) is 9.00. The number of carboxylic acids is 1. The first-order valence-electron chi connectivity index (χ1n) is 12.4. The Kier molecular flexibility index (Phi) is 8.93. The highest BCUT2D eigenvalue weighted by Crippen LogP contribution is 2.21. The molecule has 3 aromatic rings. The lowest BCUT2D eigenvalue weighted by atomic mass is 10.1. The second-order valence-electron chi connectivity index (χ2n) is 9.00. The normalized spacial score (nSPS) is 14.1. The number of carboxylic acid groups (broad SMARTS) is 1. The molecular weight excluding hydrogens is 470 g/mol.